The van der Waals surface area contributed by atoms with Gasteiger partial charge < -0.3 is 9.80 Å². The van der Waals surface area contributed by atoms with E-state index < -0.39 is 17.5 Å². The summed E-state index contributed by atoms with van der Waals surface area (Å²) in [7, 11) is 5.53. The topological polar surface area (TPSA) is 43.9 Å². The van der Waals surface area contributed by atoms with Gasteiger partial charge in [-0.2, -0.15) is 0 Å². The molecule has 2 aliphatic rings. The summed E-state index contributed by atoms with van der Waals surface area (Å²) in [6, 6.07) is 2.84. The SMILES string of the molecule is CN(C)C(=O)C1N(C)CCCC12CCN(C(=O)c1ccc(F)cc1F)CC2. The third kappa shape index (κ3) is 3.70. The van der Waals surface area contributed by atoms with Gasteiger partial charge in [-0.25, -0.2) is 8.78 Å². The molecule has 1 spiro atoms. The van der Waals surface area contributed by atoms with Gasteiger partial charge in [0.15, 0.2) is 0 Å². The quantitative estimate of drug-likeness (QED) is 0.793. The van der Waals surface area contributed by atoms with Gasteiger partial charge in [0.1, 0.15) is 11.6 Å². The zero-order valence-corrected chi connectivity index (χ0v) is 16.2. The molecule has 1 aromatic carbocycles. The van der Waals surface area contributed by atoms with Crippen LogP contribution in [0.5, 0.6) is 0 Å². The van der Waals surface area contributed by atoms with E-state index in [-0.39, 0.29) is 22.9 Å². The van der Waals surface area contributed by atoms with Crippen LogP contribution in [-0.2, 0) is 4.79 Å². The van der Waals surface area contributed by atoms with E-state index in [0.29, 0.717) is 25.9 Å². The van der Waals surface area contributed by atoms with Crippen molar-refractivity contribution in [3.05, 3.63) is 35.4 Å². The Bertz CT molecular complexity index is 730. The molecule has 1 aromatic rings. The predicted molar refractivity (Wildman–Crippen MR) is 98.3 cm³/mol. The zero-order valence-electron chi connectivity index (χ0n) is 16.2. The van der Waals surface area contributed by atoms with Crippen molar-refractivity contribution >= 4 is 11.8 Å². The van der Waals surface area contributed by atoms with Crippen molar-refractivity contribution in [3.63, 3.8) is 0 Å². The van der Waals surface area contributed by atoms with Crippen molar-refractivity contribution in [3.8, 4) is 0 Å². The van der Waals surface area contributed by atoms with Crippen molar-refractivity contribution in [1.29, 1.82) is 0 Å². The first-order chi connectivity index (χ1) is 12.7. The average Bonchev–Trinajstić information content (AvgIpc) is 2.61. The third-order valence-corrected chi connectivity index (χ3v) is 6.09. The van der Waals surface area contributed by atoms with E-state index in [0.717, 1.165) is 31.5 Å². The molecule has 2 saturated heterocycles. The summed E-state index contributed by atoms with van der Waals surface area (Å²) in [5, 5.41) is 0. The molecule has 0 saturated carbocycles. The molecule has 1 unspecified atom stereocenters. The molecule has 0 bridgehead atoms. The Labute approximate surface area is 158 Å². The maximum Gasteiger partial charge on any atom is 0.256 e. The minimum absolute atomic E-state index is 0.0987. The number of piperidine rings is 2. The van der Waals surface area contributed by atoms with Crippen LogP contribution < -0.4 is 0 Å². The highest BCUT2D eigenvalue weighted by molar-refractivity contribution is 5.94. The molecule has 2 amide bonds. The van der Waals surface area contributed by atoms with E-state index in [4.69, 9.17) is 0 Å². The van der Waals surface area contributed by atoms with Crippen molar-refractivity contribution in [2.75, 3.05) is 40.8 Å². The molecule has 0 radical (unpaired) electrons. The van der Waals surface area contributed by atoms with Crippen LogP contribution in [0.4, 0.5) is 8.78 Å². The lowest BCUT2D eigenvalue weighted by molar-refractivity contribution is -0.144. The largest absolute Gasteiger partial charge is 0.347 e. The van der Waals surface area contributed by atoms with Crippen LogP contribution in [0.15, 0.2) is 18.2 Å². The maximum absolute atomic E-state index is 14.0. The zero-order chi connectivity index (χ0) is 19.8. The molecule has 148 valence electrons. The summed E-state index contributed by atoms with van der Waals surface area (Å²) >= 11 is 0. The lowest BCUT2D eigenvalue weighted by atomic mass is 9.66. The third-order valence-electron chi connectivity index (χ3n) is 6.09. The molecule has 7 heteroatoms. The van der Waals surface area contributed by atoms with Crippen molar-refractivity contribution in [1.82, 2.24) is 14.7 Å². The van der Waals surface area contributed by atoms with Gasteiger partial charge >= 0.3 is 0 Å². The number of carbonyl (C=O) groups is 2. The van der Waals surface area contributed by atoms with E-state index in [1.807, 2.05) is 7.05 Å². The van der Waals surface area contributed by atoms with Gasteiger partial charge in [0.05, 0.1) is 11.6 Å². The van der Waals surface area contributed by atoms with E-state index in [9.17, 15) is 18.4 Å². The normalized spacial score (nSPS) is 22.7. The highest BCUT2D eigenvalue weighted by Gasteiger charge is 2.49. The number of hydrogen-bond acceptors (Lipinski definition) is 3. The summed E-state index contributed by atoms with van der Waals surface area (Å²) < 4.78 is 27.1. The number of nitrogens with zero attached hydrogens (tertiary/aromatic N) is 3. The summed E-state index contributed by atoms with van der Waals surface area (Å²) in [4.78, 5) is 30.9. The summed E-state index contributed by atoms with van der Waals surface area (Å²) in [6.45, 7) is 1.83. The lowest BCUT2D eigenvalue weighted by Crippen LogP contribution is -2.61. The number of hydrogen-bond donors (Lipinski definition) is 0. The molecule has 1 atom stereocenters. The fraction of sp³-hybridized carbons (Fsp3) is 0.600. The Balaban J connectivity index is 1.76. The number of amides is 2. The molecule has 0 aliphatic carbocycles. The fourth-order valence-electron chi connectivity index (χ4n) is 4.62. The number of likely N-dealkylation sites (N-methyl/N-ethyl adjacent to an activating group) is 2. The van der Waals surface area contributed by atoms with Crippen molar-refractivity contribution in [2.24, 2.45) is 5.41 Å². The first kappa shape index (κ1) is 19.7. The molecular formula is C20H27F2N3O2. The van der Waals surface area contributed by atoms with Crippen molar-refractivity contribution in [2.45, 2.75) is 31.7 Å². The minimum Gasteiger partial charge on any atom is -0.347 e. The number of likely N-dealkylation sites (tertiary alicyclic amines) is 2. The number of carbonyl (C=O) groups excluding carboxylic acids is 2. The number of rotatable bonds is 2. The fourth-order valence-corrected chi connectivity index (χ4v) is 4.62. The monoisotopic (exact) mass is 379 g/mol. The van der Waals surface area contributed by atoms with Gasteiger partial charge in [-0.3, -0.25) is 14.5 Å². The Morgan fingerprint density at radius 3 is 2.37 bits per heavy atom. The smallest absolute Gasteiger partial charge is 0.256 e. The second-order valence-corrected chi connectivity index (χ2v) is 8.00. The van der Waals surface area contributed by atoms with E-state index >= 15 is 0 Å². The van der Waals surface area contributed by atoms with Gasteiger partial charge in [0, 0.05) is 33.3 Å². The van der Waals surface area contributed by atoms with Crippen molar-refractivity contribution < 1.29 is 18.4 Å². The number of benzene rings is 1. The van der Waals surface area contributed by atoms with Gasteiger partial charge in [-0.05, 0) is 56.8 Å². The first-order valence-electron chi connectivity index (χ1n) is 9.41. The maximum atomic E-state index is 14.0. The van der Waals surface area contributed by atoms with Crippen LogP contribution in [0.1, 0.15) is 36.0 Å². The lowest BCUT2D eigenvalue weighted by Gasteiger charge is -2.52. The Morgan fingerprint density at radius 2 is 1.78 bits per heavy atom. The van der Waals surface area contributed by atoms with E-state index in [2.05, 4.69) is 4.90 Å². The molecular weight excluding hydrogens is 352 g/mol. The Morgan fingerprint density at radius 1 is 1.11 bits per heavy atom. The average molecular weight is 379 g/mol. The molecule has 5 nitrogen and oxygen atoms in total. The molecule has 2 aliphatic heterocycles. The highest BCUT2D eigenvalue weighted by atomic mass is 19.1. The summed E-state index contributed by atoms with van der Waals surface area (Å²) in [5.41, 5.74) is -0.263. The van der Waals surface area contributed by atoms with Crippen LogP contribution >= 0.6 is 0 Å². The molecule has 2 fully saturated rings. The predicted octanol–water partition coefficient (Wildman–Crippen LogP) is 2.37. The van der Waals surface area contributed by atoms with Gasteiger partial charge in [-0.15, -0.1) is 0 Å². The number of halogens is 2. The Hall–Kier alpha value is -2.02. The second-order valence-electron chi connectivity index (χ2n) is 8.00. The molecule has 3 rings (SSSR count). The van der Waals surface area contributed by atoms with Crippen LogP contribution in [0.3, 0.4) is 0 Å². The summed E-state index contributed by atoms with van der Waals surface area (Å²) in [5.74, 6) is -1.85. The van der Waals surface area contributed by atoms with Gasteiger partial charge in [0.2, 0.25) is 5.91 Å². The molecule has 0 N–H and O–H groups in total. The minimum atomic E-state index is -0.835. The summed E-state index contributed by atoms with van der Waals surface area (Å²) in [6.07, 6.45) is 3.38. The first-order valence-corrected chi connectivity index (χ1v) is 9.41. The van der Waals surface area contributed by atoms with Crippen LogP contribution in [0.2, 0.25) is 0 Å². The van der Waals surface area contributed by atoms with Crippen LogP contribution in [-0.4, -0.2) is 73.3 Å². The molecule has 2 heterocycles. The second kappa shape index (κ2) is 7.54. The van der Waals surface area contributed by atoms with E-state index in [1.54, 1.807) is 23.9 Å². The molecule has 0 aromatic heterocycles. The van der Waals surface area contributed by atoms with Gasteiger partial charge in [0.25, 0.3) is 5.91 Å². The van der Waals surface area contributed by atoms with Gasteiger partial charge in [-0.1, -0.05) is 0 Å². The van der Waals surface area contributed by atoms with Crippen LogP contribution in [0, 0.1) is 17.0 Å². The highest BCUT2D eigenvalue weighted by Crippen LogP contribution is 2.45. The standard InChI is InChI=1S/C20H27F2N3O2/c1-23(2)19(27)17-20(7-4-10-24(17)3)8-11-25(12-9-20)18(26)15-6-5-14(21)13-16(15)22/h5-6,13,17H,4,7-12H2,1-3H3. The molecule has 27 heavy (non-hydrogen) atoms. The van der Waals surface area contributed by atoms with E-state index in [1.165, 1.54) is 6.07 Å². The van der Waals surface area contributed by atoms with Crippen LogP contribution in [0.25, 0.3) is 0 Å². The Kier molecular flexibility index (Phi) is 5.51.